The lowest BCUT2D eigenvalue weighted by Gasteiger charge is -2.13. The third kappa shape index (κ3) is 2.23. The molecule has 0 amide bonds. The van der Waals surface area contributed by atoms with Crippen LogP contribution in [0.2, 0.25) is 5.02 Å². The Morgan fingerprint density at radius 2 is 2.11 bits per heavy atom. The van der Waals surface area contributed by atoms with E-state index < -0.39 is 5.82 Å². The van der Waals surface area contributed by atoms with Gasteiger partial charge in [-0.1, -0.05) is 11.6 Å². The van der Waals surface area contributed by atoms with Gasteiger partial charge in [0, 0.05) is 11.6 Å². The molecule has 1 aromatic carbocycles. The van der Waals surface area contributed by atoms with Crippen LogP contribution in [0.25, 0.3) is 11.4 Å². The first-order valence-electron chi connectivity index (χ1n) is 5.54. The van der Waals surface area contributed by atoms with Gasteiger partial charge in [-0.05, 0) is 32.0 Å². The van der Waals surface area contributed by atoms with Crippen LogP contribution in [-0.2, 0) is 6.61 Å². The fourth-order valence-electron chi connectivity index (χ4n) is 1.81. The van der Waals surface area contributed by atoms with Crippen LogP contribution in [0.15, 0.2) is 18.2 Å². The van der Waals surface area contributed by atoms with Crippen molar-refractivity contribution in [3.8, 4) is 11.4 Å². The van der Waals surface area contributed by atoms with Gasteiger partial charge in [-0.15, -0.1) is 10.2 Å². The second-order valence-corrected chi connectivity index (χ2v) is 4.60. The molecule has 1 N–H and O–H groups in total. The summed E-state index contributed by atoms with van der Waals surface area (Å²) in [6.07, 6.45) is 0. The first kappa shape index (κ1) is 13.0. The van der Waals surface area contributed by atoms with Crippen LogP contribution in [0.1, 0.15) is 25.7 Å². The molecular weight excluding hydrogens is 257 g/mol. The highest BCUT2D eigenvalue weighted by molar-refractivity contribution is 6.31. The van der Waals surface area contributed by atoms with Gasteiger partial charge in [0.1, 0.15) is 12.4 Å². The van der Waals surface area contributed by atoms with E-state index >= 15 is 0 Å². The van der Waals surface area contributed by atoms with Crippen LogP contribution >= 0.6 is 11.6 Å². The maximum Gasteiger partial charge on any atom is 0.164 e. The Morgan fingerprint density at radius 1 is 1.39 bits per heavy atom. The molecule has 0 saturated heterocycles. The fraction of sp³-hybridized carbons (Fsp3) is 0.333. The molecule has 4 nitrogen and oxygen atoms in total. The Hall–Kier alpha value is -1.46. The third-order valence-electron chi connectivity index (χ3n) is 2.60. The number of hydrogen-bond acceptors (Lipinski definition) is 3. The van der Waals surface area contributed by atoms with Crippen LogP contribution in [0, 0.1) is 5.82 Å². The van der Waals surface area contributed by atoms with Crippen molar-refractivity contribution in [3.05, 3.63) is 34.9 Å². The van der Waals surface area contributed by atoms with E-state index in [-0.39, 0.29) is 17.7 Å². The fourth-order valence-corrected chi connectivity index (χ4v) is 1.99. The standard InChI is InChI=1S/C12H13ClFN3O/c1-7(2)17-11(6-18)15-16-12(17)8-3-4-10(14)9(13)5-8/h3-5,7,18H,6H2,1-2H3. The quantitative estimate of drug-likeness (QED) is 0.932. The van der Waals surface area contributed by atoms with E-state index in [4.69, 9.17) is 11.6 Å². The maximum absolute atomic E-state index is 13.1. The van der Waals surface area contributed by atoms with Crippen molar-refractivity contribution in [2.45, 2.75) is 26.5 Å². The minimum Gasteiger partial charge on any atom is -0.388 e. The lowest BCUT2D eigenvalue weighted by molar-refractivity contribution is 0.262. The predicted octanol–water partition coefficient (Wildman–Crippen LogP) is 2.81. The van der Waals surface area contributed by atoms with E-state index in [1.165, 1.54) is 12.1 Å². The smallest absolute Gasteiger partial charge is 0.164 e. The Bertz CT molecular complexity index is 568. The van der Waals surface area contributed by atoms with E-state index in [2.05, 4.69) is 10.2 Å². The van der Waals surface area contributed by atoms with Crippen molar-refractivity contribution in [2.24, 2.45) is 0 Å². The minimum atomic E-state index is -0.474. The van der Waals surface area contributed by atoms with Crippen molar-refractivity contribution in [3.63, 3.8) is 0 Å². The molecule has 2 aromatic rings. The molecule has 1 heterocycles. The SMILES string of the molecule is CC(C)n1c(CO)nnc1-c1ccc(F)c(Cl)c1. The van der Waals surface area contributed by atoms with E-state index in [1.807, 2.05) is 13.8 Å². The van der Waals surface area contributed by atoms with Gasteiger partial charge in [0.25, 0.3) is 0 Å². The molecule has 0 fully saturated rings. The average Bonchev–Trinajstić information content (AvgIpc) is 2.76. The van der Waals surface area contributed by atoms with Gasteiger partial charge in [-0.3, -0.25) is 0 Å². The summed E-state index contributed by atoms with van der Waals surface area (Å²) in [5.41, 5.74) is 0.669. The second kappa shape index (κ2) is 5.04. The van der Waals surface area contributed by atoms with Gasteiger partial charge in [0.2, 0.25) is 0 Å². The van der Waals surface area contributed by atoms with Crippen LogP contribution < -0.4 is 0 Å². The van der Waals surface area contributed by atoms with E-state index in [0.717, 1.165) is 0 Å². The largest absolute Gasteiger partial charge is 0.388 e. The first-order chi connectivity index (χ1) is 8.54. The zero-order valence-corrected chi connectivity index (χ0v) is 10.8. The van der Waals surface area contributed by atoms with E-state index in [0.29, 0.717) is 17.2 Å². The van der Waals surface area contributed by atoms with Gasteiger partial charge in [-0.25, -0.2) is 4.39 Å². The summed E-state index contributed by atoms with van der Waals surface area (Å²) in [4.78, 5) is 0. The van der Waals surface area contributed by atoms with Crippen molar-refractivity contribution < 1.29 is 9.50 Å². The summed E-state index contributed by atoms with van der Waals surface area (Å²) in [6, 6.07) is 4.46. The molecule has 0 aliphatic rings. The van der Waals surface area contributed by atoms with Crippen molar-refractivity contribution >= 4 is 11.6 Å². The Balaban J connectivity index is 2.56. The number of aliphatic hydroxyl groups is 1. The van der Waals surface area contributed by atoms with Crippen molar-refractivity contribution in [1.29, 1.82) is 0 Å². The molecule has 0 unspecified atom stereocenters. The number of aliphatic hydroxyl groups excluding tert-OH is 1. The molecule has 0 radical (unpaired) electrons. The van der Waals surface area contributed by atoms with Crippen LogP contribution in [0.3, 0.4) is 0 Å². The number of nitrogens with zero attached hydrogens (tertiary/aromatic N) is 3. The van der Waals surface area contributed by atoms with Gasteiger partial charge < -0.3 is 9.67 Å². The van der Waals surface area contributed by atoms with Gasteiger partial charge in [-0.2, -0.15) is 0 Å². The monoisotopic (exact) mass is 269 g/mol. The van der Waals surface area contributed by atoms with Crippen molar-refractivity contribution in [2.75, 3.05) is 0 Å². The summed E-state index contributed by atoms with van der Waals surface area (Å²) in [5.74, 6) is 0.565. The number of rotatable bonds is 3. The van der Waals surface area contributed by atoms with Gasteiger partial charge in [0.15, 0.2) is 11.6 Å². The zero-order valence-electron chi connectivity index (χ0n) is 10.1. The number of aromatic nitrogens is 3. The predicted molar refractivity (Wildman–Crippen MR) is 66.7 cm³/mol. The Morgan fingerprint density at radius 3 is 2.67 bits per heavy atom. The second-order valence-electron chi connectivity index (χ2n) is 4.19. The molecule has 0 spiro atoms. The Kier molecular flexibility index (Phi) is 3.63. The summed E-state index contributed by atoms with van der Waals surface area (Å²) < 4.78 is 14.9. The highest BCUT2D eigenvalue weighted by atomic mass is 35.5. The molecule has 2 rings (SSSR count). The first-order valence-corrected chi connectivity index (χ1v) is 5.92. The number of benzene rings is 1. The topological polar surface area (TPSA) is 50.9 Å². The highest BCUT2D eigenvalue weighted by Gasteiger charge is 2.16. The Labute approximate surface area is 109 Å². The molecule has 0 aliphatic carbocycles. The molecule has 0 bridgehead atoms. The van der Waals surface area contributed by atoms with E-state index in [1.54, 1.807) is 10.6 Å². The molecule has 1 aromatic heterocycles. The summed E-state index contributed by atoms with van der Waals surface area (Å²) in [5, 5.41) is 17.2. The minimum absolute atomic E-state index is 0.0383. The molecular formula is C12H13ClFN3O. The van der Waals surface area contributed by atoms with Gasteiger partial charge >= 0.3 is 0 Å². The molecule has 6 heteroatoms. The van der Waals surface area contributed by atoms with Crippen LogP contribution in [0.4, 0.5) is 4.39 Å². The van der Waals surface area contributed by atoms with Crippen molar-refractivity contribution in [1.82, 2.24) is 14.8 Å². The van der Waals surface area contributed by atoms with Crippen LogP contribution in [-0.4, -0.2) is 19.9 Å². The molecule has 96 valence electrons. The third-order valence-corrected chi connectivity index (χ3v) is 2.89. The number of halogens is 2. The zero-order chi connectivity index (χ0) is 13.3. The average molecular weight is 270 g/mol. The summed E-state index contributed by atoms with van der Waals surface area (Å²) in [7, 11) is 0. The maximum atomic E-state index is 13.1. The molecule has 0 saturated carbocycles. The summed E-state index contributed by atoms with van der Waals surface area (Å²) >= 11 is 5.75. The summed E-state index contributed by atoms with van der Waals surface area (Å²) in [6.45, 7) is 3.72. The molecule has 0 atom stereocenters. The lowest BCUT2D eigenvalue weighted by Crippen LogP contribution is -2.08. The lowest BCUT2D eigenvalue weighted by atomic mass is 10.2. The normalized spacial score (nSPS) is 11.2. The number of hydrogen-bond donors (Lipinski definition) is 1. The van der Waals surface area contributed by atoms with E-state index in [9.17, 15) is 9.50 Å². The molecule has 18 heavy (non-hydrogen) atoms. The van der Waals surface area contributed by atoms with Gasteiger partial charge in [0.05, 0.1) is 5.02 Å². The highest BCUT2D eigenvalue weighted by Crippen LogP contribution is 2.26. The van der Waals surface area contributed by atoms with Crippen LogP contribution in [0.5, 0.6) is 0 Å². The molecule has 0 aliphatic heterocycles.